The Hall–Kier alpha value is -1.92. The van der Waals surface area contributed by atoms with Crippen LogP contribution in [0.3, 0.4) is 0 Å². The van der Waals surface area contributed by atoms with Crippen molar-refractivity contribution in [2.24, 2.45) is 5.92 Å². The maximum absolute atomic E-state index is 12.0. The van der Waals surface area contributed by atoms with E-state index in [4.69, 9.17) is 9.47 Å². The first-order valence-corrected chi connectivity index (χ1v) is 7.96. The van der Waals surface area contributed by atoms with Gasteiger partial charge < -0.3 is 20.1 Å². The second-order valence-electron chi connectivity index (χ2n) is 5.56. The van der Waals surface area contributed by atoms with E-state index < -0.39 is 0 Å². The van der Waals surface area contributed by atoms with Crippen LogP contribution in [0.15, 0.2) is 24.3 Å². The van der Waals surface area contributed by atoms with E-state index in [1.807, 2.05) is 0 Å². The van der Waals surface area contributed by atoms with Crippen LogP contribution in [0.1, 0.15) is 29.6 Å². The van der Waals surface area contributed by atoms with Crippen molar-refractivity contribution < 1.29 is 19.1 Å². The molecule has 0 spiro atoms. The molecule has 0 heterocycles. The Kier molecular flexibility index (Phi) is 7.03. The lowest BCUT2D eigenvalue weighted by atomic mass is 10.2. The van der Waals surface area contributed by atoms with Gasteiger partial charge in [-0.25, -0.2) is 0 Å². The van der Waals surface area contributed by atoms with Crippen molar-refractivity contribution in [3.8, 4) is 0 Å². The first kappa shape index (κ1) is 17.4. The predicted molar refractivity (Wildman–Crippen MR) is 87.4 cm³/mol. The summed E-state index contributed by atoms with van der Waals surface area (Å²) < 4.78 is 10.2. The van der Waals surface area contributed by atoms with Crippen molar-refractivity contribution in [1.82, 2.24) is 5.32 Å². The van der Waals surface area contributed by atoms with Gasteiger partial charge in [0.2, 0.25) is 5.91 Å². The van der Waals surface area contributed by atoms with Crippen LogP contribution in [-0.4, -0.2) is 45.3 Å². The van der Waals surface area contributed by atoms with Gasteiger partial charge in [0, 0.05) is 37.4 Å². The van der Waals surface area contributed by atoms with E-state index in [0.29, 0.717) is 31.9 Å². The summed E-state index contributed by atoms with van der Waals surface area (Å²) in [6, 6.07) is 6.94. The van der Waals surface area contributed by atoms with Gasteiger partial charge in [0.1, 0.15) is 0 Å². The molecule has 2 rings (SSSR count). The first-order chi connectivity index (χ1) is 11.2. The number of methoxy groups -OCH3 is 1. The first-order valence-electron chi connectivity index (χ1n) is 7.96. The Labute approximate surface area is 136 Å². The number of anilines is 1. The van der Waals surface area contributed by atoms with Crippen molar-refractivity contribution in [3.63, 3.8) is 0 Å². The Morgan fingerprint density at radius 1 is 1.13 bits per heavy atom. The highest BCUT2D eigenvalue weighted by molar-refractivity contribution is 5.96. The second kappa shape index (κ2) is 9.27. The summed E-state index contributed by atoms with van der Waals surface area (Å²) in [5.74, 6) is 0.113. The smallest absolute Gasteiger partial charge is 0.251 e. The summed E-state index contributed by atoms with van der Waals surface area (Å²) >= 11 is 0. The van der Waals surface area contributed by atoms with Crippen LogP contribution in [0.2, 0.25) is 0 Å². The molecule has 23 heavy (non-hydrogen) atoms. The van der Waals surface area contributed by atoms with Crippen molar-refractivity contribution in [3.05, 3.63) is 29.8 Å². The lowest BCUT2D eigenvalue weighted by molar-refractivity contribution is -0.117. The van der Waals surface area contributed by atoms with E-state index in [2.05, 4.69) is 10.6 Å². The van der Waals surface area contributed by atoms with Gasteiger partial charge in [-0.3, -0.25) is 9.59 Å². The summed E-state index contributed by atoms with van der Waals surface area (Å²) in [4.78, 5) is 23.6. The van der Waals surface area contributed by atoms with Crippen LogP contribution in [0.4, 0.5) is 5.69 Å². The standard InChI is InChI=1S/C17H24N2O4/c1-22-11-12-23-10-2-9-18-16(20)13-5-7-15(8-6-13)19-17(21)14-3-4-14/h5-8,14H,2-4,9-12H2,1H3,(H,18,20)(H,19,21). The number of ether oxygens (including phenoxy) is 2. The number of rotatable bonds is 10. The van der Waals surface area contributed by atoms with Gasteiger partial charge in [-0.05, 0) is 43.5 Å². The third-order valence-electron chi connectivity index (χ3n) is 3.55. The molecule has 6 heteroatoms. The molecule has 1 saturated carbocycles. The molecule has 0 aliphatic heterocycles. The molecule has 2 amide bonds. The van der Waals surface area contributed by atoms with Crippen LogP contribution in [0, 0.1) is 5.92 Å². The highest BCUT2D eigenvalue weighted by Gasteiger charge is 2.29. The van der Waals surface area contributed by atoms with Gasteiger partial charge in [-0.2, -0.15) is 0 Å². The van der Waals surface area contributed by atoms with Crippen LogP contribution in [0.25, 0.3) is 0 Å². The zero-order valence-corrected chi connectivity index (χ0v) is 13.5. The quantitative estimate of drug-likeness (QED) is 0.645. The maximum Gasteiger partial charge on any atom is 0.251 e. The predicted octanol–water partition coefficient (Wildman–Crippen LogP) is 1.82. The average Bonchev–Trinajstić information content (AvgIpc) is 3.39. The van der Waals surface area contributed by atoms with E-state index in [-0.39, 0.29) is 17.7 Å². The number of carbonyl (C=O) groups excluding carboxylic acids is 2. The topological polar surface area (TPSA) is 76.7 Å². The Balaban J connectivity index is 1.65. The van der Waals surface area contributed by atoms with E-state index in [1.54, 1.807) is 31.4 Å². The van der Waals surface area contributed by atoms with Gasteiger partial charge in [-0.15, -0.1) is 0 Å². The van der Waals surface area contributed by atoms with E-state index in [0.717, 1.165) is 24.9 Å². The van der Waals surface area contributed by atoms with Gasteiger partial charge in [0.15, 0.2) is 0 Å². The lowest BCUT2D eigenvalue weighted by Crippen LogP contribution is -2.25. The monoisotopic (exact) mass is 320 g/mol. The largest absolute Gasteiger partial charge is 0.382 e. The summed E-state index contributed by atoms with van der Waals surface area (Å²) in [5.41, 5.74) is 1.31. The Morgan fingerprint density at radius 2 is 1.87 bits per heavy atom. The van der Waals surface area contributed by atoms with Crippen LogP contribution < -0.4 is 10.6 Å². The van der Waals surface area contributed by atoms with Crippen molar-refractivity contribution >= 4 is 17.5 Å². The minimum absolute atomic E-state index is 0.0654. The number of benzene rings is 1. The van der Waals surface area contributed by atoms with Crippen molar-refractivity contribution in [2.45, 2.75) is 19.3 Å². The molecule has 1 aromatic carbocycles. The zero-order chi connectivity index (χ0) is 16.5. The zero-order valence-electron chi connectivity index (χ0n) is 13.5. The Bertz CT molecular complexity index is 512. The molecular weight excluding hydrogens is 296 g/mol. The van der Waals surface area contributed by atoms with Crippen molar-refractivity contribution in [2.75, 3.05) is 38.8 Å². The fourth-order valence-corrected chi connectivity index (χ4v) is 2.02. The molecule has 1 aliphatic carbocycles. The number of hydrogen-bond donors (Lipinski definition) is 2. The van der Waals surface area contributed by atoms with Gasteiger partial charge in [0.25, 0.3) is 5.91 Å². The summed E-state index contributed by atoms with van der Waals surface area (Å²) in [6.45, 7) is 2.30. The normalized spacial score (nSPS) is 13.6. The number of nitrogens with one attached hydrogen (secondary N) is 2. The van der Waals surface area contributed by atoms with Crippen molar-refractivity contribution in [1.29, 1.82) is 0 Å². The van der Waals surface area contributed by atoms with Gasteiger partial charge in [-0.1, -0.05) is 0 Å². The molecule has 6 nitrogen and oxygen atoms in total. The average molecular weight is 320 g/mol. The van der Waals surface area contributed by atoms with Crippen LogP contribution >= 0.6 is 0 Å². The van der Waals surface area contributed by atoms with Crippen LogP contribution in [0.5, 0.6) is 0 Å². The molecule has 0 atom stereocenters. The molecule has 126 valence electrons. The molecule has 1 fully saturated rings. The van der Waals surface area contributed by atoms with E-state index in [9.17, 15) is 9.59 Å². The van der Waals surface area contributed by atoms with Gasteiger partial charge in [0.05, 0.1) is 13.2 Å². The Morgan fingerprint density at radius 3 is 2.52 bits per heavy atom. The number of amides is 2. The van der Waals surface area contributed by atoms with E-state index >= 15 is 0 Å². The SMILES string of the molecule is COCCOCCCNC(=O)c1ccc(NC(=O)C2CC2)cc1. The summed E-state index contributed by atoms with van der Waals surface area (Å²) in [5, 5.41) is 5.69. The van der Waals surface area contributed by atoms with Crippen LogP contribution in [-0.2, 0) is 14.3 Å². The molecular formula is C17H24N2O4. The lowest BCUT2D eigenvalue weighted by Gasteiger charge is -2.08. The van der Waals surface area contributed by atoms with E-state index in [1.165, 1.54) is 0 Å². The van der Waals surface area contributed by atoms with Gasteiger partial charge >= 0.3 is 0 Å². The fourth-order valence-electron chi connectivity index (χ4n) is 2.02. The number of hydrogen-bond acceptors (Lipinski definition) is 4. The molecule has 0 unspecified atom stereocenters. The minimum Gasteiger partial charge on any atom is -0.382 e. The fraction of sp³-hybridized carbons (Fsp3) is 0.529. The third kappa shape index (κ3) is 6.38. The highest BCUT2D eigenvalue weighted by atomic mass is 16.5. The molecule has 1 aliphatic rings. The summed E-state index contributed by atoms with van der Waals surface area (Å²) in [7, 11) is 1.63. The molecule has 0 radical (unpaired) electrons. The highest BCUT2D eigenvalue weighted by Crippen LogP contribution is 2.30. The molecule has 1 aromatic rings. The molecule has 2 N–H and O–H groups in total. The summed E-state index contributed by atoms with van der Waals surface area (Å²) in [6.07, 6.45) is 2.70. The molecule has 0 bridgehead atoms. The molecule has 0 saturated heterocycles. The number of carbonyl (C=O) groups is 2. The minimum atomic E-state index is -0.123. The third-order valence-corrected chi connectivity index (χ3v) is 3.55. The maximum atomic E-state index is 12.0. The molecule has 0 aromatic heterocycles. The second-order valence-corrected chi connectivity index (χ2v) is 5.56.